The van der Waals surface area contributed by atoms with Crippen LogP contribution in [0.1, 0.15) is 111 Å². The average Bonchev–Trinajstić information content (AvgIpc) is 2.80. The molecule has 4 N–H and O–H groups in total. The van der Waals surface area contributed by atoms with E-state index in [9.17, 15) is 19.2 Å². The van der Waals surface area contributed by atoms with Gasteiger partial charge in [0.2, 0.25) is 17.7 Å². The Bertz CT molecular complexity index is 583. The number of Topliss-reactive ketones (excluding diaryl/α,β-unsaturated/α-hetero) is 1. The second-order valence-electron chi connectivity index (χ2n) is 9.15. The molecule has 0 aromatic rings. The van der Waals surface area contributed by atoms with Crippen molar-refractivity contribution < 1.29 is 19.2 Å². The SMILES string of the molecule is CCCCCC(=O)NCCCCC(NC(=O)CCCCC)C(=O)NC(CCCCNC)C(C)=O. The predicted molar refractivity (Wildman–Crippen MR) is 137 cm³/mol. The third-order valence-corrected chi connectivity index (χ3v) is 5.89. The lowest BCUT2D eigenvalue weighted by Gasteiger charge is -2.22. The number of carbonyl (C=O) groups excluding carboxylic acids is 4. The first-order valence-corrected chi connectivity index (χ1v) is 13.4. The number of rotatable bonds is 22. The zero-order valence-corrected chi connectivity index (χ0v) is 22.1. The average molecular weight is 483 g/mol. The molecule has 3 amide bonds. The van der Waals surface area contributed by atoms with Gasteiger partial charge in [-0.1, -0.05) is 39.5 Å². The van der Waals surface area contributed by atoms with Crippen molar-refractivity contribution in [1.29, 1.82) is 0 Å². The molecule has 0 rings (SSSR count). The summed E-state index contributed by atoms with van der Waals surface area (Å²) in [4.78, 5) is 49.2. The summed E-state index contributed by atoms with van der Waals surface area (Å²) in [6, 6.07) is -1.21. The molecule has 0 aliphatic heterocycles. The van der Waals surface area contributed by atoms with Gasteiger partial charge in [-0.2, -0.15) is 0 Å². The minimum absolute atomic E-state index is 0.0644. The van der Waals surface area contributed by atoms with Gasteiger partial charge < -0.3 is 21.3 Å². The van der Waals surface area contributed by atoms with Gasteiger partial charge in [-0.05, 0) is 71.9 Å². The van der Waals surface area contributed by atoms with Gasteiger partial charge in [-0.15, -0.1) is 0 Å². The Morgan fingerprint density at radius 1 is 0.647 bits per heavy atom. The van der Waals surface area contributed by atoms with E-state index in [2.05, 4.69) is 35.1 Å². The minimum Gasteiger partial charge on any atom is -0.356 e. The van der Waals surface area contributed by atoms with E-state index in [1.807, 2.05) is 7.05 Å². The van der Waals surface area contributed by atoms with E-state index in [-0.39, 0.29) is 23.5 Å². The lowest BCUT2D eigenvalue weighted by atomic mass is 10.0. The molecule has 0 fully saturated rings. The molecule has 0 bridgehead atoms. The van der Waals surface area contributed by atoms with E-state index >= 15 is 0 Å². The molecule has 0 radical (unpaired) electrons. The summed E-state index contributed by atoms with van der Waals surface area (Å²) in [5, 5.41) is 11.7. The van der Waals surface area contributed by atoms with E-state index in [1.54, 1.807) is 0 Å². The molecule has 2 atom stereocenters. The Hall–Kier alpha value is -1.96. The zero-order chi connectivity index (χ0) is 25.6. The lowest BCUT2D eigenvalue weighted by molar-refractivity contribution is -0.131. The highest BCUT2D eigenvalue weighted by Crippen LogP contribution is 2.07. The molecule has 0 heterocycles. The van der Waals surface area contributed by atoms with Crippen molar-refractivity contribution in [1.82, 2.24) is 21.3 Å². The monoisotopic (exact) mass is 482 g/mol. The van der Waals surface area contributed by atoms with Crippen LogP contribution in [0.2, 0.25) is 0 Å². The Balaban J connectivity index is 4.73. The van der Waals surface area contributed by atoms with E-state index in [0.717, 1.165) is 64.3 Å². The molecule has 0 saturated carbocycles. The van der Waals surface area contributed by atoms with E-state index in [1.165, 1.54) is 6.92 Å². The van der Waals surface area contributed by atoms with Gasteiger partial charge in [-0.3, -0.25) is 19.2 Å². The first kappa shape index (κ1) is 32.0. The van der Waals surface area contributed by atoms with Gasteiger partial charge >= 0.3 is 0 Å². The maximum atomic E-state index is 13.0. The van der Waals surface area contributed by atoms with Crippen LogP contribution in [-0.2, 0) is 19.2 Å². The molecule has 34 heavy (non-hydrogen) atoms. The summed E-state index contributed by atoms with van der Waals surface area (Å²) in [5.74, 6) is -0.446. The van der Waals surface area contributed by atoms with Crippen LogP contribution in [0.4, 0.5) is 0 Å². The lowest BCUT2D eigenvalue weighted by Crippen LogP contribution is -2.51. The zero-order valence-electron chi connectivity index (χ0n) is 22.1. The number of hydrogen-bond donors (Lipinski definition) is 4. The van der Waals surface area contributed by atoms with Crippen LogP contribution in [0.5, 0.6) is 0 Å². The van der Waals surface area contributed by atoms with Crippen molar-refractivity contribution in [2.45, 2.75) is 123 Å². The van der Waals surface area contributed by atoms with Gasteiger partial charge in [-0.25, -0.2) is 0 Å². The molecule has 0 aliphatic rings. The number of nitrogens with one attached hydrogen (secondary N) is 4. The minimum atomic E-state index is -0.673. The molecule has 0 aliphatic carbocycles. The van der Waals surface area contributed by atoms with Crippen LogP contribution in [0, 0.1) is 0 Å². The molecule has 0 aromatic carbocycles. The third-order valence-electron chi connectivity index (χ3n) is 5.89. The Kier molecular flexibility index (Phi) is 20.3. The van der Waals surface area contributed by atoms with Crippen molar-refractivity contribution in [2.75, 3.05) is 20.1 Å². The Labute approximate surface area is 207 Å². The highest BCUT2D eigenvalue weighted by molar-refractivity contribution is 5.92. The van der Waals surface area contributed by atoms with Crippen LogP contribution < -0.4 is 21.3 Å². The molecule has 0 spiro atoms. The number of amides is 3. The van der Waals surface area contributed by atoms with Crippen molar-refractivity contribution in [3.8, 4) is 0 Å². The number of unbranched alkanes of at least 4 members (excludes halogenated alkanes) is 6. The number of hydrogen-bond acceptors (Lipinski definition) is 5. The standard InChI is InChI=1S/C26H50N4O4/c1-5-7-9-17-24(32)28-20-14-12-16-23(29-25(33)18-10-8-6-2)26(34)30-22(21(3)31)15-11-13-19-27-4/h22-23,27H,5-20H2,1-4H3,(H,28,32)(H,29,33)(H,30,34). The maximum absolute atomic E-state index is 13.0. The fourth-order valence-electron chi connectivity index (χ4n) is 3.70. The maximum Gasteiger partial charge on any atom is 0.243 e. The summed E-state index contributed by atoms with van der Waals surface area (Å²) < 4.78 is 0. The van der Waals surface area contributed by atoms with E-state index in [4.69, 9.17) is 0 Å². The van der Waals surface area contributed by atoms with Crippen LogP contribution in [0.3, 0.4) is 0 Å². The second-order valence-corrected chi connectivity index (χ2v) is 9.15. The second kappa shape index (κ2) is 21.6. The molecule has 198 valence electrons. The van der Waals surface area contributed by atoms with E-state index < -0.39 is 12.1 Å². The fourth-order valence-corrected chi connectivity index (χ4v) is 3.70. The largest absolute Gasteiger partial charge is 0.356 e. The van der Waals surface area contributed by atoms with Crippen LogP contribution in [0.25, 0.3) is 0 Å². The van der Waals surface area contributed by atoms with Gasteiger partial charge in [0.25, 0.3) is 0 Å². The number of ketones is 1. The van der Waals surface area contributed by atoms with E-state index in [0.29, 0.717) is 38.6 Å². The molecule has 8 heteroatoms. The first-order valence-electron chi connectivity index (χ1n) is 13.4. The van der Waals surface area contributed by atoms with Gasteiger partial charge in [0.15, 0.2) is 5.78 Å². The van der Waals surface area contributed by atoms with Crippen molar-refractivity contribution in [3.05, 3.63) is 0 Å². The quantitative estimate of drug-likeness (QED) is 0.177. The summed E-state index contributed by atoms with van der Waals surface area (Å²) in [5.41, 5.74) is 0. The molecule has 8 nitrogen and oxygen atoms in total. The molecule has 0 saturated heterocycles. The fraction of sp³-hybridized carbons (Fsp3) is 0.846. The summed E-state index contributed by atoms with van der Waals surface area (Å²) in [7, 11) is 1.88. The smallest absolute Gasteiger partial charge is 0.243 e. The molecular weight excluding hydrogens is 432 g/mol. The summed E-state index contributed by atoms with van der Waals surface area (Å²) in [6.07, 6.45) is 11.0. The first-order chi connectivity index (χ1) is 16.3. The van der Waals surface area contributed by atoms with Gasteiger partial charge in [0.1, 0.15) is 6.04 Å². The summed E-state index contributed by atoms with van der Waals surface area (Å²) in [6.45, 7) is 7.10. The Morgan fingerprint density at radius 2 is 1.21 bits per heavy atom. The van der Waals surface area contributed by atoms with Gasteiger partial charge in [0.05, 0.1) is 6.04 Å². The van der Waals surface area contributed by atoms with Crippen molar-refractivity contribution in [2.24, 2.45) is 0 Å². The molecule has 0 aromatic heterocycles. The van der Waals surface area contributed by atoms with Gasteiger partial charge in [0, 0.05) is 19.4 Å². The topological polar surface area (TPSA) is 116 Å². The Morgan fingerprint density at radius 3 is 1.76 bits per heavy atom. The van der Waals surface area contributed by atoms with Crippen LogP contribution >= 0.6 is 0 Å². The van der Waals surface area contributed by atoms with Crippen LogP contribution in [-0.4, -0.2) is 55.7 Å². The molecule has 2 unspecified atom stereocenters. The number of carbonyl (C=O) groups is 4. The molecular formula is C26H50N4O4. The highest BCUT2D eigenvalue weighted by atomic mass is 16.2. The third kappa shape index (κ3) is 17.5. The summed E-state index contributed by atoms with van der Waals surface area (Å²) >= 11 is 0. The van der Waals surface area contributed by atoms with Crippen LogP contribution in [0.15, 0.2) is 0 Å². The van der Waals surface area contributed by atoms with Crippen molar-refractivity contribution in [3.63, 3.8) is 0 Å². The highest BCUT2D eigenvalue weighted by Gasteiger charge is 2.24. The normalized spacial score (nSPS) is 12.6. The van der Waals surface area contributed by atoms with Crippen molar-refractivity contribution >= 4 is 23.5 Å². The predicted octanol–water partition coefficient (Wildman–Crippen LogP) is 3.38.